The Morgan fingerprint density at radius 2 is 0.821 bits per heavy atom. The third-order valence-electron chi connectivity index (χ3n) is 11.1. The highest BCUT2D eigenvalue weighted by molar-refractivity contribution is 6.17. The van der Waals surface area contributed by atoms with Gasteiger partial charge in [-0.15, -0.1) is 0 Å². The van der Waals surface area contributed by atoms with Crippen LogP contribution in [-0.2, 0) is 0 Å². The van der Waals surface area contributed by atoms with Crippen LogP contribution in [0, 0.1) is 0 Å². The van der Waals surface area contributed by atoms with Crippen molar-refractivity contribution in [1.29, 1.82) is 0 Å². The summed E-state index contributed by atoms with van der Waals surface area (Å²) in [6.07, 6.45) is 0. The van der Waals surface area contributed by atoms with Crippen molar-refractivity contribution in [2.45, 2.75) is 0 Å². The molecule has 0 aliphatic carbocycles. The first-order chi connectivity index (χ1) is 27.7. The van der Waals surface area contributed by atoms with Gasteiger partial charge in [0, 0.05) is 38.2 Å². The smallest absolute Gasteiger partial charge is 0.164 e. The van der Waals surface area contributed by atoms with E-state index in [-0.39, 0.29) is 0 Å². The maximum absolute atomic E-state index is 6.49. The minimum Gasteiger partial charge on any atom is -0.456 e. The molecular weight excluding hydrogens is 687 g/mol. The van der Waals surface area contributed by atoms with Crippen molar-refractivity contribution in [1.82, 2.24) is 15.0 Å². The van der Waals surface area contributed by atoms with Gasteiger partial charge >= 0.3 is 0 Å². The number of benzene rings is 9. The molecule has 0 unspecified atom stereocenters. The Kier molecular flexibility index (Phi) is 6.56. The zero-order valence-electron chi connectivity index (χ0n) is 29.9. The summed E-state index contributed by atoms with van der Waals surface area (Å²) in [7, 11) is 0. The summed E-state index contributed by atoms with van der Waals surface area (Å²) in [6, 6.07) is 61.0. The molecule has 5 nitrogen and oxygen atoms in total. The number of para-hydroxylation sites is 1. The summed E-state index contributed by atoms with van der Waals surface area (Å²) in [5.41, 5.74) is 8.34. The second-order valence-electron chi connectivity index (χ2n) is 14.3. The van der Waals surface area contributed by atoms with Crippen LogP contribution in [0.1, 0.15) is 0 Å². The molecule has 0 saturated heterocycles. The molecule has 0 spiro atoms. The molecule has 0 aliphatic rings. The van der Waals surface area contributed by atoms with Crippen LogP contribution < -0.4 is 0 Å². The highest BCUT2D eigenvalue weighted by atomic mass is 16.3. The Balaban J connectivity index is 1.12. The summed E-state index contributed by atoms with van der Waals surface area (Å²) >= 11 is 0. The third kappa shape index (κ3) is 4.71. The number of aromatic nitrogens is 3. The van der Waals surface area contributed by atoms with Gasteiger partial charge in [-0.2, -0.15) is 0 Å². The molecule has 5 heteroatoms. The molecule has 0 saturated carbocycles. The average molecular weight is 716 g/mol. The van der Waals surface area contributed by atoms with E-state index in [2.05, 4.69) is 146 Å². The first kappa shape index (κ1) is 30.8. The van der Waals surface area contributed by atoms with Crippen LogP contribution in [-0.4, -0.2) is 15.0 Å². The fraction of sp³-hybridized carbons (Fsp3) is 0. The lowest BCUT2D eigenvalue weighted by atomic mass is 9.92. The Morgan fingerprint density at radius 1 is 0.286 bits per heavy atom. The quantitative estimate of drug-likeness (QED) is 0.181. The third-order valence-corrected chi connectivity index (χ3v) is 11.1. The van der Waals surface area contributed by atoms with Gasteiger partial charge in [0.15, 0.2) is 17.5 Å². The van der Waals surface area contributed by atoms with Crippen molar-refractivity contribution in [2.75, 3.05) is 0 Å². The van der Waals surface area contributed by atoms with E-state index in [1.165, 1.54) is 0 Å². The number of furan rings is 2. The van der Waals surface area contributed by atoms with Crippen LogP contribution in [0.4, 0.5) is 0 Å². The minimum atomic E-state index is 0.586. The van der Waals surface area contributed by atoms with Gasteiger partial charge in [0.2, 0.25) is 0 Å². The standard InChI is InChI=1S/C51H29N3O2/c1-2-12-31-27-34(24-23-30(31)11-1)49-52-50(54-51(53-49)41-19-10-22-45-48(41)42-28-32-13-3-4-14-33(32)29-46(42)56-45)39-26-25-37(35-15-5-6-16-36(35)39)38-18-9-21-44-47(38)40-17-7-8-20-43(40)55-44/h1-29H. The number of nitrogens with zero attached hydrogens (tertiary/aromatic N) is 3. The number of rotatable bonds is 4. The van der Waals surface area contributed by atoms with E-state index in [9.17, 15) is 0 Å². The summed E-state index contributed by atoms with van der Waals surface area (Å²) in [6.45, 7) is 0. The van der Waals surface area contributed by atoms with Crippen molar-refractivity contribution in [2.24, 2.45) is 0 Å². The number of hydrogen-bond donors (Lipinski definition) is 0. The average Bonchev–Trinajstić information content (AvgIpc) is 3.83. The van der Waals surface area contributed by atoms with E-state index in [1.807, 2.05) is 30.3 Å². The van der Waals surface area contributed by atoms with E-state index >= 15 is 0 Å². The summed E-state index contributed by atoms with van der Waals surface area (Å²) in [5, 5.41) is 10.9. The molecule has 3 aromatic heterocycles. The fourth-order valence-corrected chi connectivity index (χ4v) is 8.50. The molecule has 0 radical (unpaired) electrons. The van der Waals surface area contributed by atoms with Crippen LogP contribution in [0.15, 0.2) is 185 Å². The van der Waals surface area contributed by atoms with Crippen molar-refractivity contribution >= 4 is 76.2 Å². The fourth-order valence-electron chi connectivity index (χ4n) is 8.50. The van der Waals surface area contributed by atoms with Crippen LogP contribution >= 0.6 is 0 Å². The van der Waals surface area contributed by atoms with E-state index in [0.29, 0.717) is 17.5 Å². The van der Waals surface area contributed by atoms with Crippen LogP contribution in [0.3, 0.4) is 0 Å². The number of hydrogen-bond acceptors (Lipinski definition) is 5. The molecule has 12 rings (SSSR count). The highest BCUT2D eigenvalue weighted by Gasteiger charge is 2.21. The minimum absolute atomic E-state index is 0.586. The van der Waals surface area contributed by atoms with E-state index in [1.54, 1.807) is 0 Å². The SMILES string of the molecule is c1ccc2cc(-c3nc(-c4ccc(-c5cccc6oc7ccccc7c56)c5ccccc45)nc(-c4cccc5oc6cc7ccccc7cc6c45)n3)ccc2c1. The first-order valence-electron chi connectivity index (χ1n) is 18.8. The Morgan fingerprint density at radius 3 is 1.61 bits per heavy atom. The summed E-state index contributed by atoms with van der Waals surface area (Å²) < 4.78 is 12.8. The van der Waals surface area contributed by atoms with E-state index < -0.39 is 0 Å². The predicted octanol–water partition coefficient (Wildman–Crippen LogP) is 13.8. The van der Waals surface area contributed by atoms with Gasteiger partial charge in [-0.1, -0.05) is 133 Å². The molecule has 0 N–H and O–H groups in total. The largest absolute Gasteiger partial charge is 0.456 e. The molecule has 0 amide bonds. The molecule has 9 aromatic carbocycles. The molecular formula is C51H29N3O2. The lowest BCUT2D eigenvalue weighted by Crippen LogP contribution is -2.01. The van der Waals surface area contributed by atoms with Crippen molar-refractivity contribution < 1.29 is 8.83 Å². The Labute approximate surface area is 320 Å². The van der Waals surface area contributed by atoms with E-state index in [4.69, 9.17) is 23.8 Å². The lowest BCUT2D eigenvalue weighted by Gasteiger charge is -2.14. The lowest BCUT2D eigenvalue weighted by molar-refractivity contribution is 0.669. The van der Waals surface area contributed by atoms with Gasteiger partial charge < -0.3 is 8.83 Å². The molecule has 3 heterocycles. The summed E-state index contributed by atoms with van der Waals surface area (Å²) in [5.74, 6) is 1.79. The highest BCUT2D eigenvalue weighted by Crippen LogP contribution is 2.43. The molecule has 0 atom stereocenters. The zero-order valence-corrected chi connectivity index (χ0v) is 29.9. The van der Waals surface area contributed by atoms with Crippen LogP contribution in [0.5, 0.6) is 0 Å². The summed E-state index contributed by atoms with van der Waals surface area (Å²) in [4.78, 5) is 15.8. The molecule has 56 heavy (non-hydrogen) atoms. The molecule has 0 bridgehead atoms. The number of fused-ring (bicyclic) bond motifs is 9. The van der Waals surface area contributed by atoms with Gasteiger partial charge in [0.1, 0.15) is 22.3 Å². The molecule has 12 aromatic rings. The molecule has 260 valence electrons. The second kappa shape index (κ2) is 11.9. The first-order valence-corrected chi connectivity index (χ1v) is 18.8. The zero-order chi connectivity index (χ0) is 36.7. The van der Waals surface area contributed by atoms with Gasteiger partial charge in [-0.25, -0.2) is 15.0 Å². The van der Waals surface area contributed by atoms with Gasteiger partial charge in [0.05, 0.1) is 0 Å². The van der Waals surface area contributed by atoms with Crippen molar-refractivity contribution in [3.8, 4) is 45.3 Å². The van der Waals surface area contributed by atoms with Gasteiger partial charge in [-0.05, 0) is 85.9 Å². The molecule has 0 fully saturated rings. The van der Waals surface area contributed by atoms with Crippen molar-refractivity contribution in [3.05, 3.63) is 176 Å². The Bertz CT molecular complexity index is 3560. The van der Waals surface area contributed by atoms with Gasteiger partial charge in [-0.3, -0.25) is 0 Å². The Hall–Kier alpha value is -7.63. The van der Waals surface area contributed by atoms with Crippen LogP contribution in [0.2, 0.25) is 0 Å². The topological polar surface area (TPSA) is 65.0 Å². The van der Waals surface area contributed by atoms with Crippen molar-refractivity contribution in [3.63, 3.8) is 0 Å². The van der Waals surface area contributed by atoms with Crippen LogP contribution in [0.25, 0.3) is 121 Å². The second-order valence-corrected chi connectivity index (χ2v) is 14.3. The van der Waals surface area contributed by atoms with Gasteiger partial charge in [0.25, 0.3) is 0 Å². The predicted molar refractivity (Wildman–Crippen MR) is 229 cm³/mol. The maximum atomic E-state index is 6.49. The normalized spacial score (nSPS) is 11.9. The monoisotopic (exact) mass is 715 g/mol. The molecule has 0 aliphatic heterocycles. The maximum Gasteiger partial charge on any atom is 0.164 e. The van der Waals surface area contributed by atoms with E-state index in [0.717, 1.165) is 104 Å².